The van der Waals surface area contributed by atoms with E-state index in [2.05, 4.69) is 12.2 Å². The summed E-state index contributed by atoms with van der Waals surface area (Å²) >= 11 is 0. The lowest BCUT2D eigenvalue weighted by Crippen LogP contribution is -2.11. The smallest absolute Gasteiger partial charge is 0.404 e. The third kappa shape index (κ3) is 15.4. The second-order valence-electron chi connectivity index (χ2n) is 11.1. The molecule has 0 aliphatic rings. The summed E-state index contributed by atoms with van der Waals surface area (Å²) in [7, 11) is -3.98. The lowest BCUT2D eigenvalue weighted by atomic mass is 10.0. The minimum Gasteiger partial charge on any atom is -0.404 e. The van der Waals surface area contributed by atoms with Gasteiger partial charge >= 0.3 is 7.82 Å². The van der Waals surface area contributed by atoms with Crippen LogP contribution in [0.3, 0.4) is 0 Å². The molecule has 0 aliphatic heterocycles. The summed E-state index contributed by atoms with van der Waals surface area (Å²) in [5.41, 5.74) is 2.28. The Hall–Kier alpha value is -2.92. The highest BCUT2D eigenvalue weighted by atomic mass is 31.2. The zero-order valence-electron chi connectivity index (χ0n) is 25.9. The van der Waals surface area contributed by atoms with Gasteiger partial charge in [0.05, 0.1) is 13.2 Å². The standard InChI is InChI=1S/C36H50NO5P/c1-2-3-4-5-6-7-8-9-10-11-12-13-20-28-36(38)37-34-26-21-27-35(29-34)42-43(39,40-30-32-22-16-14-17-23-32)41-31-33-24-18-15-19-25-33/h14-19,21-27,29H,2-13,20,28,30-31H2,1H3,(H,37,38). The van der Waals surface area contributed by atoms with Gasteiger partial charge in [-0.05, 0) is 29.7 Å². The maximum absolute atomic E-state index is 13.7. The number of carbonyl (C=O) groups is 1. The summed E-state index contributed by atoms with van der Waals surface area (Å²) in [6, 6.07) is 25.8. The van der Waals surface area contributed by atoms with Crippen LogP contribution < -0.4 is 9.84 Å². The topological polar surface area (TPSA) is 73.9 Å². The second-order valence-corrected chi connectivity index (χ2v) is 12.7. The van der Waals surface area contributed by atoms with Crippen molar-refractivity contribution in [2.45, 2.75) is 110 Å². The first-order valence-electron chi connectivity index (χ1n) is 16.1. The molecule has 3 rings (SSSR count). The predicted molar refractivity (Wildman–Crippen MR) is 176 cm³/mol. The van der Waals surface area contributed by atoms with E-state index in [9.17, 15) is 9.36 Å². The molecule has 234 valence electrons. The van der Waals surface area contributed by atoms with Crippen molar-refractivity contribution in [1.29, 1.82) is 0 Å². The highest BCUT2D eigenvalue weighted by Crippen LogP contribution is 2.51. The zero-order chi connectivity index (χ0) is 30.4. The Bertz CT molecular complexity index is 1160. The fourth-order valence-corrected chi connectivity index (χ4v) is 6.00. The van der Waals surface area contributed by atoms with Gasteiger partial charge < -0.3 is 9.84 Å². The van der Waals surface area contributed by atoms with E-state index in [1.54, 1.807) is 24.3 Å². The minimum absolute atomic E-state index is 0.0379. The monoisotopic (exact) mass is 607 g/mol. The van der Waals surface area contributed by atoms with Gasteiger partial charge in [0.15, 0.2) is 0 Å². The van der Waals surface area contributed by atoms with Crippen LogP contribution in [0, 0.1) is 0 Å². The van der Waals surface area contributed by atoms with Gasteiger partial charge in [0.25, 0.3) is 0 Å². The largest absolute Gasteiger partial charge is 0.530 e. The highest BCUT2D eigenvalue weighted by molar-refractivity contribution is 7.48. The quantitative estimate of drug-likeness (QED) is 0.0857. The molecule has 0 heterocycles. The minimum atomic E-state index is -3.98. The molecule has 6 nitrogen and oxygen atoms in total. The van der Waals surface area contributed by atoms with Gasteiger partial charge in [-0.25, -0.2) is 4.57 Å². The Kier molecular flexibility index (Phi) is 16.8. The van der Waals surface area contributed by atoms with Crippen LogP contribution in [0.25, 0.3) is 0 Å². The number of amides is 1. The van der Waals surface area contributed by atoms with Crippen LogP contribution in [0.4, 0.5) is 5.69 Å². The molecule has 0 saturated carbocycles. The number of hydrogen-bond acceptors (Lipinski definition) is 5. The summed E-state index contributed by atoms with van der Waals surface area (Å²) < 4.78 is 30.9. The lowest BCUT2D eigenvalue weighted by molar-refractivity contribution is -0.116. The SMILES string of the molecule is CCCCCCCCCCCCCCCC(=O)Nc1cccc(OP(=O)(OCc2ccccc2)OCc2ccccc2)c1. The molecule has 1 N–H and O–H groups in total. The fraction of sp³-hybridized carbons (Fsp3) is 0.472. The normalized spacial score (nSPS) is 11.4. The van der Waals surface area contributed by atoms with Crippen LogP contribution >= 0.6 is 7.82 Å². The van der Waals surface area contributed by atoms with Crippen LogP contribution in [0.1, 0.15) is 108 Å². The van der Waals surface area contributed by atoms with Crippen molar-refractivity contribution in [2.75, 3.05) is 5.32 Å². The molecule has 0 saturated heterocycles. The Labute approximate surface area is 259 Å². The van der Waals surface area contributed by atoms with Gasteiger partial charge in [-0.1, -0.05) is 151 Å². The molecular formula is C36H50NO5P. The van der Waals surface area contributed by atoms with E-state index in [0.29, 0.717) is 17.9 Å². The maximum Gasteiger partial charge on any atom is 0.530 e. The molecular weight excluding hydrogens is 557 g/mol. The Balaban J connectivity index is 1.39. The predicted octanol–water partition coefficient (Wildman–Crippen LogP) is 11.0. The number of phosphoric ester groups is 1. The number of rotatable bonds is 23. The van der Waals surface area contributed by atoms with Crippen LogP contribution in [-0.2, 0) is 31.6 Å². The van der Waals surface area contributed by atoms with E-state index in [0.717, 1.165) is 24.0 Å². The summed E-state index contributed by atoms with van der Waals surface area (Å²) in [6.07, 6.45) is 17.0. The molecule has 7 heteroatoms. The molecule has 0 bridgehead atoms. The maximum atomic E-state index is 13.7. The first kappa shape index (κ1) is 34.6. The summed E-state index contributed by atoms with van der Waals surface area (Å²) in [5, 5.41) is 2.94. The molecule has 0 radical (unpaired) electrons. The van der Waals surface area contributed by atoms with Crippen molar-refractivity contribution in [3.05, 3.63) is 96.1 Å². The number of phosphoric acid groups is 1. The molecule has 0 fully saturated rings. The summed E-state index contributed by atoms with van der Waals surface area (Å²) in [6.45, 7) is 2.40. The van der Waals surface area contributed by atoms with Gasteiger partial charge in [-0.15, -0.1) is 0 Å². The molecule has 0 aromatic heterocycles. The Morgan fingerprint density at radius 2 is 1.12 bits per heavy atom. The molecule has 0 unspecified atom stereocenters. The molecule has 0 atom stereocenters. The fourth-order valence-electron chi connectivity index (χ4n) is 4.83. The van der Waals surface area contributed by atoms with Gasteiger partial charge in [0, 0.05) is 18.2 Å². The van der Waals surface area contributed by atoms with Gasteiger partial charge in [-0.3, -0.25) is 13.8 Å². The second kappa shape index (κ2) is 20.9. The molecule has 3 aromatic rings. The van der Waals surface area contributed by atoms with E-state index >= 15 is 0 Å². The van der Waals surface area contributed by atoms with Crippen LogP contribution in [0.2, 0.25) is 0 Å². The van der Waals surface area contributed by atoms with E-state index in [1.807, 2.05) is 60.7 Å². The van der Waals surface area contributed by atoms with E-state index in [-0.39, 0.29) is 19.1 Å². The van der Waals surface area contributed by atoms with E-state index < -0.39 is 7.82 Å². The number of nitrogens with one attached hydrogen (secondary N) is 1. The first-order valence-corrected chi connectivity index (χ1v) is 17.6. The van der Waals surface area contributed by atoms with Crippen molar-refractivity contribution >= 4 is 19.4 Å². The van der Waals surface area contributed by atoms with Crippen LogP contribution in [0.15, 0.2) is 84.9 Å². The van der Waals surface area contributed by atoms with Gasteiger partial charge in [0.1, 0.15) is 5.75 Å². The lowest BCUT2D eigenvalue weighted by Gasteiger charge is -2.19. The molecule has 43 heavy (non-hydrogen) atoms. The van der Waals surface area contributed by atoms with E-state index in [1.165, 1.54) is 70.6 Å². The van der Waals surface area contributed by atoms with E-state index in [4.69, 9.17) is 13.6 Å². The summed E-state index contributed by atoms with van der Waals surface area (Å²) in [4.78, 5) is 12.6. The molecule has 1 amide bonds. The van der Waals surface area contributed by atoms with Crippen LogP contribution in [-0.4, -0.2) is 5.91 Å². The average Bonchev–Trinajstić information content (AvgIpc) is 3.02. The third-order valence-corrected chi connectivity index (χ3v) is 8.63. The summed E-state index contributed by atoms with van der Waals surface area (Å²) in [5.74, 6) is 0.257. The van der Waals surface area contributed by atoms with Crippen molar-refractivity contribution in [3.8, 4) is 5.75 Å². The van der Waals surface area contributed by atoms with Crippen molar-refractivity contribution in [3.63, 3.8) is 0 Å². The molecule has 0 aliphatic carbocycles. The third-order valence-electron chi connectivity index (χ3n) is 7.31. The number of anilines is 1. The number of hydrogen-bond donors (Lipinski definition) is 1. The average molecular weight is 608 g/mol. The molecule has 0 spiro atoms. The van der Waals surface area contributed by atoms with Crippen molar-refractivity contribution in [2.24, 2.45) is 0 Å². The Morgan fingerprint density at radius 1 is 0.628 bits per heavy atom. The van der Waals surface area contributed by atoms with Crippen molar-refractivity contribution < 1.29 is 22.9 Å². The number of carbonyl (C=O) groups excluding carboxylic acids is 1. The highest BCUT2D eigenvalue weighted by Gasteiger charge is 2.29. The first-order chi connectivity index (χ1) is 21.1. The van der Waals surface area contributed by atoms with Crippen LogP contribution in [0.5, 0.6) is 5.75 Å². The number of unbranched alkanes of at least 4 members (excludes halogenated alkanes) is 12. The van der Waals surface area contributed by atoms with Crippen molar-refractivity contribution in [1.82, 2.24) is 0 Å². The molecule has 3 aromatic carbocycles. The number of benzene rings is 3. The van der Waals surface area contributed by atoms with Gasteiger partial charge in [-0.2, -0.15) is 0 Å². The Morgan fingerprint density at radius 3 is 1.63 bits per heavy atom. The zero-order valence-corrected chi connectivity index (χ0v) is 26.8. The van der Waals surface area contributed by atoms with Gasteiger partial charge in [0.2, 0.25) is 5.91 Å².